The van der Waals surface area contributed by atoms with Crippen molar-refractivity contribution >= 4 is 46.6 Å². The highest BCUT2D eigenvalue weighted by Crippen LogP contribution is 2.69. The summed E-state index contributed by atoms with van der Waals surface area (Å²) in [5, 5.41) is 2.82. The number of benzene rings is 3. The monoisotopic (exact) mass is 504 g/mol. The molecule has 3 atom stereocenters. The van der Waals surface area contributed by atoms with E-state index in [1.807, 2.05) is 73.7 Å². The number of aryl methyl sites for hydroxylation is 1. The normalized spacial score (nSPS) is 28.9. The van der Waals surface area contributed by atoms with Crippen LogP contribution in [0.2, 0.25) is 0 Å². The second kappa shape index (κ2) is 7.42. The van der Waals surface area contributed by atoms with Gasteiger partial charge in [0.15, 0.2) is 0 Å². The molecule has 1 heterocycles. The van der Waals surface area contributed by atoms with Gasteiger partial charge >= 0.3 is 0 Å². The summed E-state index contributed by atoms with van der Waals surface area (Å²) in [6, 6.07) is 21.2. The van der Waals surface area contributed by atoms with Crippen molar-refractivity contribution in [1.29, 1.82) is 0 Å². The average molecular weight is 505 g/mol. The van der Waals surface area contributed by atoms with Crippen LogP contribution in [0, 0.1) is 18.8 Å². The summed E-state index contributed by atoms with van der Waals surface area (Å²) in [6.45, 7) is 3.48. The largest absolute Gasteiger partial charge is 0.324 e. The number of hydrogen-bond acceptors (Lipinski definition) is 3. The van der Waals surface area contributed by atoms with Crippen LogP contribution in [-0.2, 0) is 24.1 Å². The summed E-state index contributed by atoms with van der Waals surface area (Å²) in [4.78, 5) is 39.6. The number of amides is 3. The first-order valence-electron chi connectivity index (χ1n) is 11.5. The molecule has 1 N–H and O–H groups in total. The zero-order chi connectivity index (χ0) is 24.7. The maximum absolute atomic E-state index is 13.9. The van der Waals surface area contributed by atoms with Crippen LogP contribution in [-0.4, -0.2) is 28.7 Å². The smallest absolute Gasteiger partial charge is 0.247 e. The van der Waals surface area contributed by atoms with Crippen molar-refractivity contribution in [2.75, 3.05) is 5.32 Å². The number of likely N-dealkylation sites (tertiary alicyclic amines) is 1. The van der Waals surface area contributed by atoms with Crippen molar-refractivity contribution < 1.29 is 14.4 Å². The number of carbonyl (C=O) groups excluding carboxylic acids is 3. The predicted molar refractivity (Wildman–Crippen MR) is 134 cm³/mol. The number of nitrogens with zero attached hydrogens (tertiary/aromatic N) is 1. The molecule has 0 saturated carbocycles. The molecule has 5 nitrogen and oxygen atoms in total. The standard InChI is InChI=1S/C28H22Cl2N2O3/c1-15-8-7-9-17(14-15)31-24(33)16(2)32-25(34)22-23(26(32)35)28(30)19-11-4-3-10-18(19)27(22,29)20-12-5-6-13-21(20)28/h3-14,16,22-23H,1-2H3,(H,31,33)/t16-,22+,23+,27?,28?/m0/s1. The van der Waals surface area contributed by atoms with E-state index in [0.29, 0.717) is 5.69 Å². The van der Waals surface area contributed by atoms with E-state index in [4.69, 9.17) is 23.2 Å². The Bertz CT molecular complexity index is 1310. The summed E-state index contributed by atoms with van der Waals surface area (Å²) in [7, 11) is 0. The second-order valence-electron chi connectivity index (χ2n) is 9.55. The van der Waals surface area contributed by atoms with Crippen molar-refractivity contribution in [2.45, 2.75) is 29.6 Å². The first-order chi connectivity index (χ1) is 16.7. The number of imide groups is 1. The fourth-order valence-corrected chi connectivity index (χ4v) is 7.25. The molecular weight excluding hydrogens is 483 g/mol. The third-order valence-electron chi connectivity index (χ3n) is 7.67. The maximum Gasteiger partial charge on any atom is 0.247 e. The van der Waals surface area contributed by atoms with Crippen molar-refractivity contribution in [3.63, 3.8) is 0 Å². The molecule has 7 rings (SSSR count). The van der Waals surface area contributed by atoms with Gasteiger partial charge in [-0.1, -0.05) is 60.7 Å². The topological polar surface area (TPSA) is 66.5 Å². The molecule has 0 aromatic heterocycles. The van der Waals surface area contributed by atoms with Crippen LogP contribution < -0.4 is 5.32 Å². The van der Waals surface area contributed by atoms with Crippen molar-refractivity contribution in [2.24, 2.45) is 11.8 Å². The highest BCUT2D eigenvalue weighted by atomic mass is 35.5. The molecule has 3 aromatic rings. The highest BCUT2D eigenvalue weighted by Gasteiger charge is 2.73. The fraction of sp³-hybridized carbons (Fsp3) is 0.250. The van der Waals surface area contributed by atoms with Gasteiger partial charge in [0.2, 0.25) is 17.7 Å². The molecule has 1 aliphatic heterocycles. The molecule has 3 aliphatic carbocycles. The van der Waals surface area contributed by atoms with E-state index in [-0.39, 0.29) is 0 Å². The number of halogens is 2. The molecule has 3 aromatic carbocycles. The van der Waals surface area contributed by atoms with Gasteiger partial charge in [-0.2, -0.15) is 0 Å². The first-order valence-corrected chi connectivity index (χ1v) is 12.3. The molecule has 7 heteroatoms. The van der Waals surface area contributed by atoms with Gasteiger partial charge < -0.3 is 5.32 Å². The molecule has 1 saturated heterocycles. The van der Waals surface area contributed by atoms with E-state index in [2.05, 4.69) is 5.32 Å². The van der Waals surface area contributed by atoms with E-state index in [0.717, 1.165) is 32.7 Å². The second-order valence-corrected chi connectivity index (χ2v) is 10.7. The summed E-state index contributed by atoms with van der Waals surface area (Å²) in [5.74, 6) is -3.25. The summed E-state index contributed by atoms with van der Waals surface area (Å²) >= 11 is 14.8. The van der Waals surface area contributed by atoms with Crippen LogP contribution in [0.25, 0.3) is 0 Å². The van der Waals surface area contributed by atoms with Crippen molar-refractivity contribution in [1.82, 2.24) is 4.90 Å². The van der Waals surface area contributed by atoms with Gasteiger partial charge in [-0.05, 0) is 53.8 Å². The van der Waals surface area contributed by atoms with Gasteiger partial charge in [0.25, 0.3) is 0 Å². The van der Waals surface area contributed by atoms with E-state index in [9.17, 15) is 14.4 Å². The lowest BCUT2D eigenvalue weighted by molar-refractivity contribution is -0.146. The van der Waals surface area contributed by atoms with Crippen molar-refractivity contribution in [3.05, 3.63) is 101 Å². The zero-order valence-electron chi connectivity index (χ0n) is 19.1. The van der Waals surface area contributed by atoms with Crippen LogP contribution in [0.15, 0.2) is 72.8 Å². The number of anilines is 1. The Balaban J connectivity index is 1.46. The number of rotatable bonds is 3. The Hall–Kier alpha value is -3.15. The number of hydrogen-bond donors (Lipinski definition) is 1. The molecule has 3 amide bonds. The van der Waals surface area contributed by atoms with Gasteiger partial charge in [0, 0.05) is 5.69 Å². The highest BCUT2D eigenvalue weighted by molar-refractivity contribution is 6.36. The fourth-order valence-electron chi connectivity index (χ4n) is 6.16. The lowest BCUT2D eigenvalue weighted by Gasteiger charge is -2.54. The molecule has 1 fully saturated rings. The molecule has 176 valence electrons. The first kappa shape index (κ1) is 22.3. The Morgan fingerprint density at radius 2 is 1.29 bits per heavy atom. The van der Waals surface area contributed by atoms with Crippen LogP contribution in [0.5, 0.6) is 0 Å². The van der Waals surface area contributed by atoms with Gasteiger partial charge in [-0.25, -0.2) is 0 Å². The van der Waals surface area contributed by atoms with E-state index in [1.54, 1.807) is 13.0 Å². The molecule has 0 radical (unpaired) electrons. The Kier molecular flexibility index (Phi) is 4.73. The molecule has 0 unspecified atom stereocenters. The minimum Gasteiger partial charge on any atom is -0.324 e. The third-order valence-corrected chi connectivity index (χ3v) is 8.96. The Labute approximate surface area is 213 Å². The predicted octanol–water partition coefficient (Wildman–Crippen LogP) is 4.92. The third kappa shape index (κ3) is 2.74. The lowest BCUT2D eigenvalue weighted by atomic mass is 9.54. The number of nitrogens with one attached hydrogen (secondary N) is 1. The summed E-state index contributed by atoms with van der Waals surface area (Å²) in [5.41, 5.74) is 4.51. The van der Waals surface area contributed by atoms with Gasteiger partial charge in [-0.3, -0.25) is 19.3 Å². The molecule has 35 heavy (non-hydrogen) atoms. The van der Waals surface area contributed by atoms with E-state index >= 15 is 0 Å². The Morgan fingerprint density at radius 1 is 0.829 bits per heavy atom. The number of carbonyl (C=O) groups is 3. The summed E-state index contributed by atoms with van der Waals surface area (Å²) < 4.78 is 0. The molecule has 4 aliphatic rings. The SMILES string of the molecule is Cc1cccc(NC(=O)[C@H](C)N2C(=O)[C@H]3[C@H](C2=O)C2(Cl)c4ccccc4C3(Cl)c3ccccc32)c1. The van der Waals surface area contributed by atoms with E-state index < -0.39 is 45.3 Å². The van der Waals surface area contributed by atoms with E-state index in [1.165, 1.54) is 0 Å². The number of alkyl halides is 2. The summed E-state index contributed by atoms with van der Waals surface area (Å²) in [6.07, 6.45) is 0. The zero-order valence-corrected chi connectivity index (χ0v) is 20.6. The maximum atomic E-state index is 13.9. The van der Waals surface area contributed by atoms with Crippen LogP contribution in [0.3, 0.4) is 0 Å². The Morgan fingerprint density at radius 3 is 1.71 bits per heavy atom. The van der Waals surface area contributed by atoms with Crippen LogP contribution in [0.4, 0.5) is 5.69 Å². The molecule has 0 spiro atoms. The van der Waals surface area contributed by atoms with Gasteiger partial charge in [-0.15, -0.1) is 23.2 Å². The molecule has 2 bridgehead atoms. The lowest BCUT2D eigenvalue weighted by Crippen LogP contribution is -2.57. The van der Waals surface area contributed by atoms with Crippen LogP contribution in [0.1, 0.15) is 34.7 Å². The molecular formula is C28H22Cl2N2O3. The minimum atomic E-state index is -1.26. The van der Waals surface area contributed by atoms with Crippen LogP contribution >= 0.6 is 23.2 Å². The van der Waals surface area contributed by atoms with Gasteiger partial charge in [0.05, 0.1) is 11.8 Å². The van der Waals surface area contributed by atoms with Crippen molar-refractivity contribution in [3.8, 4) is 0 Å². The van der Waals surface area contributed by atoms with Gasteiger partial charge in [0.1, 0.15) is 15.8 Å². The minimum absolute atomic E-state index is 0.453. The quantitative estimate of drug-likeness (QED) is 0.406. The average Bonchev–Trinajstić information content (AvgIpc) is 3.13.